The zero-order valence-electron chi connectivity index (χ0n) is 8.14. The van der Waals surface area contributed by atoms with Crippen molar-refractivity contribution < 1.29 is 15.0 Å². The highest BCUT2D eigenvalue weighted by Crippen LogP contribution is 2.20. The van der Waals surface area contributed by atoms with Gasteiger partial charge in [-0.3, -0.25) is 0 Å². The van der Waals surface area contributed by atoms with Crippen molar-refractivity contribution in [2.45, 2.75) is 6.04 Å². The Morgan fingerprint density at radius 1 is 1.62 bits per heavy atom. The summed E-state index contributed by atoms with van der Waals surface area (Å²) in [6.07, 6.45) is -1.24. The third-order valence-electron chi connectivity index (χ3n) is 1.99. The van der Waals surface area contributed by atoms with Gasteiger partial charge >= 0.3 is 6.09 Å². The van der Waals surface area contributed by atoms with Crippen LogP contribution in [0.2, 0.25) is 5.02 Å². The van der Waals surface area contributed by atoms with Crippen molar-refractivity contribution in [3.05, 3.63) is 34.3 Å². The molecule has 1 rings (SSSR count). The number of aliphatic hydroxyl groups is 1. The van der Waals surface area contributed by atoms with Gasteiger partial charge in [-0.1, -0.05) is 17.7 Å². The van der Waals surface area contributed by atoms with Crippen molar-refractivity contribution >= 4 is 17.7 Å². The molecule has 0 aliphatic carbocycles. The number of nitriles is 1. The van der Waals surface area contributed by atoms with E-state index in [9.17, 15) is 4.79 Å². The molecule has 1 unspecified atom stereocenters. The molecule has 0 radical (unpaired) electrons. The van der Waals surface area contributed by atoms with Crippen LogP contribution in [0.15, 0.2) is 18.2 Å². The van der Waals surface area contributed by atoms with E-state index in [2.05, 4.69) is 5.32 Å². The van der Waals surface area contributed by atoms with E-state index in [0.717, 1.165) is 0 Å². The monoisotopic (exact) mass is 240 g/mol. The molecule has 0 saturated heterocycles. The first-order valence-electron chi connectivity index (χ1n) is 4.38. The second-order valence-corrected chi connectivity index (χ2v) is 3.44. The van der Waals surface area contributed by atoms with Crippen LogP contribution in [0.1, 0.15) is 17.2 Å². The predicted molar refractivity (Wildman–Crippen MR) is 57.2 cm³/mol. The Bertz CT molecular complexity index is 442. The minimum atomic E-state index is -1.24. The normalized spacial score (nSPS) is 11.6. The highest BCUT2D eigenvalue weighted by atomic mass is 35.5. The van der Waals surface area contributed by atoms with E-state index in [0.29, 0.717) is 10.6 Å². The Morgan fingerprint density at radius 3 is 2.81 bits per heavy atom. The van der Waals surface area contributed by atoms with Gasteiger partial charge in [0.15, 0.2) is 0 Å². The molecule has 3 N–H and O–H groups in total. The Hall–Kier alpha value is -1.77. The molecule has 5 nitrogen and oxygen atoms in total. The average molecular weight is 241 g/mol. The third-order valence-corrected chi connectivity index (χ3v) is 2.32. The van der Waals surface area contributed by atoms with Crippen molar-refractivity contribution in [2.75, 3.05) is 6.61 Å². The Morgan fingerprint density at radius 2 is 2.31 bits per heavy atom. The van der Waals surface area contributed by atoms with Gasteiger partial charge in [0.05, 0.1) is 23.2 Å². The number of aliphatic hydroxyl groups excluding tert-OH is 1. The Kier molecular flexibility index (Phi) is 4.11. The molecule has 1 amide bonds. The predicted octanol–water partition coefficient (Wildman–Crippen LogP) is 1.51. The van der Waals surface area contributed by atoms with Gasteiger partial charge in [-0.2, -0.15) is 5.26 Å². The molecule has 0 fully saturated rings. The zero-order chi connectivity index (χ0) is 12.1. The van der Waals surface area contributed by atoms with Gasteiger partial charge in [0.2, 0.25) is 0 Å². The van der Waals surface area contributed by atoms with E-state index >= 15 is 0 Å². The second kappa shape index (κ2) is 5.35. The summed E-state index contributed by atoms with van der Waals surface area (Å²) >= 11 is 5.73. The average Bonchev–Trinajstić information content (AvgIpc) is 2.26. The van der Waals surface area contributed by atoms with Crippen molar-refractivity contribution in [2.24, 2.45) is 0 Å². The molecule has 0 spiro atoms. The third kappa shape index (κ3) is 2.86. The number of nitrogens with zero attached hydrogens (tertiary/aromatic N) is 1. The van der Waals surface area contributed by atoms with Crippen LogP contribution < -0.4 is 5.32 Å². The first kappa shape index (κ1) is 12.3. The van der Waals surface area contributed by atoms with Gasteiger partial charge in [0.25, 0.3) is 0 Å². The first-order chi connectivity index (χ1) is 7.58. The molecule has 0 bridgehead atoms. The standard InChI is InChI=1S/C10H9ClN2O3/c11-8-2-1-6(3-7(8)4-12)9(5-14)13-10(15)16/h1-3,9,13-14H,5H2,(H,15,16). The molecule has 0 aliphatic heterocycles. The minimum Gasteiger partial charge on any atom is -0.465 e. The molecule has 1 aromatic rings. The van der Waals surface area contributed by atoms with Gasteiger partial charge in [-0.25, -0.2) is 4.79 Å². The number of rotatable bonds is 3. The molecule has 6 heteroatoms. The van der Waals surface area contributed by atoms with Crippen LogP contribution in [0.3, 0.4) is 0 Å². The van der Waals surface area contributed by atoms with E-state index < -0.39 is 18.7 Å². The van der Waals surface area contributed by atoms with Gasteiger partial charge in [0, 0.05) is 0 Å². The smallest absolute Gasteiger partial charge is 0.405 e. The lowest BCUT2D eigenvalue weighted by Gasteiger charge is -2.14. The minimum absolute atomic E-state index is 0.241. The van der Waals surface area contributed by atoms with Gasteiger partial charge in [0.1, 0.15) is 6.07 Å². The summed E-state index contributed by atoms with van der Waals surface area (Å²) in [5.41, 5.74) is 0.732. The van der Waals surface area contributed by atoms with E-state index in [4.69, 9.17) is 27.1 Å². The van der Waals surface area contributed by atoms with E-state index in [1.54, 1.807) is 6.07 Å². The lowest BCUT2D eigenvalue weighted by atomic mass is 10.1. The number of hydrogen-bond acceptors (Lipinski definition) is 3. The maximum Gasteiger partial charge on any atom is 0.405 e. The van der Waals surface area contributed by atoms with Crippen LogP contribution in [0, 0.1) is 11.3 Å². The van der Waals surface area contributed by atoms with Gasteiger partial charge < -0.3 is 15.5 Å². The Balaban J connectivity index is 3.02. The zero-order valence-corrected chi connectivity index (χ0v) is 8.90. The van der Waals surface area contributed by atoms with Crippen LogP contribution in [0.25, 0.3) is 0 Å². The van der Waals surface area contributed by atoms with E-state index in [-0.39, 0.29) is 5.56 Å². The fraction of sp³-hybridized carbons (Fsp3) is 0.200. The van der Waals surface area contributed by atoms with Crippen molar-refractivity contribution in [1.82, 2.24) is 5.32 Å². The number of nitrogens with one attached hydrogen (secondary N) is 1. The largest absolute Gasteiger partial charge is 0.465 e. The topological polar surface area (TPSA) is 93.4 Å². The van der Waals surface area contributed by atoms with Crippen molar-refractivity contribution in [3.63, 3.8) is 0 Å². The highest BCUT2D eigenvalue weighted by molar-refractivity contribution is 6.31. The van der Waals surface area contributed by atoms with Crippen molar-refractivity contribution in [3.8, 4) is 6.07 Å². The molecule has 0 aliphatic rings. The molecule has 84 valence electrons. The molecule has 0 saturated carbocycles. The summed E-state index contributed by atoms with van der Waals surface area (Å²) in [6.45, 7) is -0.390. The molecule has 0 heterocycles. The number of halogens is 1. The second-order valence-electron chi connectivity index (χ2n) is 3.04. The quantitative estimate of drug-likeness (QED) is 0.747. The molecular formula is C10H9ClN2O3. The molecule has 1 aromatic carbocycles. The van der Waals surface area contributed by atoms with Crippen LogP contribution >= 0.6 is 11.6 Å². The van der Waals surface area contributed by atoms with E-state index in [1.807, 2.05) is 6.07 Å². The summed E-state index contributed by atoms with van der Waals surface area (Å²) < 4.78 is 0. The number of carbonyl (C=O) groups is 1. The summed E-state index contributed by atoms with van der Waals surface area (Å²) in [5.74, 6) is 0. The number of benzene rings is 1. The lowest BCUT2D eigenvalue weighted by molar-refractivity contribution is 0.177. The summed E-state index contributed by atoms with van der Waals surface area (Å²) in [4.78, 5) is 10.5. The van der Waals surface area contributed by atoms with Crippen LogP contribution in [0.5, 0.6) is 0 Å². The molecule has 0 aromatic heterocycles. The first-order valence-corrected chi connectivity index (χ1v) is 4.76. The number of carboxylic acid groups (broad SMARTS) is 1. The number of hydrogen-bond donors (Lipinski definition) is 3. The molecule has 1 atom stereocenters. The van der Waals surface area contributed by atoms with Crippen LogP contribution in [-0.4, -0.2) is 22.9 Å². The fourth-order valence-electron chi connectivity index (χ4n) is 1.23. The maximum atomic E-state index is 10.5. The van der Waals surface area contributed by atoms with E-state index in [1.165, 1.54) is 12.1 Å². The van der Waals surface area contributed by atoms with Crippen LogP contribution in [0.4, 0.5) is 4.79 Å². The van der Waals surface area contributed by atoms with Crippen LogP contribution in [-0.2, 0) is 0 Å². The number of amides is 1. The molecular weight excluding hydrogens is 232 g/mol. The summed E-state index contributed by atoms with van der Waals surface area (Å²) in [5, 5.41) is 28.7. The fourth-order valence-corrected chi connectivity index (χ4v) is 1.39. The maximum absolute atomic E-state index is 10.5. The highest BCUT2D eigenvalue weighted by Gasteiger charge is 2.14. The van der Waals surface area contributed by atoms with Gasteiger partial charge in [-0.05, 0) is 17.7 Å². The molecule has 16 heavy (non-hydrogen) atoms. The lowest BCUT2D eigenvalue weighted by Crippen LogP contribution is -2.29. The van der Waals surface area contributed by atoms with Crippen molar-refractivity contribution in [1.29, 1.82) is 5.26 Å². The Labute approximate surface area is 96.9 Å². The SMILES string of the molecule is N#Cc1cc(C(CO)NC(=O)O)ccc1Cl. The summed E-state index contributed by atoms with van der Waals surface area (Å²) in [7, 11) is 0. The summed E-state index contributed by atoms with van der Waals surface area (Å²) in [6, 6.07) is 5.60. The van der Waals surface area contributed by atoms with Gasteiger partial charge in [-0.15, -0.1) is 0 Å².